The summed E-state index contributed by atoms with van der Waals surface area (Å²) < 4.78 is 1.01. The average molecular weight is 289 g/mol. The molecule has 0 amide bonds. The maximum atomic E-state index is 8.91. The summed E-state index contributed by atoms with van der Waals surface area (Å²) >= 11 is 3.40. The van der Waals surface area contributed by atoms with E-state index in [-0.39, 0.29) is 5.69 Å². The van der Waals surface area contributed by atoms with Gasteiger partial charge in [0, 0.05) is 22.6 Å². The van der Waals surface area contributed by atoms with Crippen LogP contribution in [0.5, 0.6) is 0 Å². The summed E-state index contributed by atoms with van der Waals surface area (Å²) in [4.78, 5) is 8.05. The molecule has 5 heteroatoms. The van der Waals surface area contributed by atoms with Gasteiger partial charge in [0.15, 0.2) is 11.5 Å². The molecule has 0 saturated heterocycles. The van der Waals surface area contributed by atoms with E-state index in [0.29, 0.717) is 5.82 Å². The first-order valence-electron chi connectivity index (χ1n) is 4.95. The highest BCUT2D eigenvalue weighted by Gasteiger charge is 2.06. The predicted molar refractivity (Wildman–Crippen MR) is 68.9 cm³/mol. The lowest BCUT2D eigenvalue weighted by molar-refractivity contribution is 1.16. The van der Waals surface area contributed by atoms with Crippen LogP contribution in [0.4, 0.5) is 11.5 Å². The van der Waals surface area contributed by atoms with E-state index in [4.69, 9.17) is 5.26 Å². The molecule has 17 heavy (non-hydrogen) atoms. The third kappa shape index (κ3) is 2.60. The summed E-state index contributed by atoms with van der Waals surface area (Å²) in [5, 5.41) is 12.0. The molecule has 2 aromatic rings. The summed E-state index contributed by atoms with van der Waals surface area (Å²) in [5.74, 6) is 0.473. The van der Waals surface area contributed by atoms with Gasteiger partial charge in [-0.15, -0.1) is 0 Å². The number of benzene rings is 1. The Morgan fingerprint density at radius 2 is 2.06 bits per heavy atom. The molecule has 0 saturated carbocycles. The molecule has 0 bridgehead atoms. The van der Waals surface area contributed by atoms with Crippen molar-refractivity contribution in [3.05, 3.63) is 46.3 Å². The Morgan fingerprint density at radius 3 is 2.76 bits per heavy atom. The van der Waals surface area contributed by atoms with Crippen molar-refractivity contribution in [2.45, 2.75) is 6.92 Å². The monoisotopic (exact) mass is 288 g/mol. The van der Waals surface area contributed by atoms with E-state index in [0.717, 1.165) is 15.7 Å². The lowest BCUT2D eigenvalue weighted by Crippen LogP contribution is -1.99. The fraction of sp³-hybridized carbons (Fsp3) is 0.0833. The van der Waals surface area contributed by atoms with Gasteiger partial charge in [-0.3, -0.25) is 0 Å². The summed E-state index contributed by atoms with van der Waals surface area (Å²) in [7, 11) is 0. The fourth-order valence-corrected chi connectivity index (χ4v) is 1.88. The molecule has 1 heterocycles. The van der Waals surface area contributed by atoms with Crippen LogP contribution in [-0.2, 0) is 0 Å². The quantitative estimate of drug-likeness (QED) is 0.922. The molecule has 84 valence electrons. The minimum atomic E-state index is 0.287. The van der Waals surface area contributed by atoms with Gasteiger partial charge < -0.3 is 5.32 Å². The van der Waals surface area contributed by atoms with Crippen LogP contribution >= 0.6 is 15.9 Å². The van der Waals surface area contributed by atoms with Crippen LogP contribution in [0.3, 0.4) is 0 Å². The summed E-state index contributed by atoms with van der Waals surface area (Å²) in [6.07, 6.45) is 3.05. The van der Waals surface area contributed by atoms with Crippen LogP contribution < -0.4 is 5.32 Å². The molecule has 0 fully saturated rings. The van der Waals surface area contributed by atoms with Gasteiger partial charge in [0.2, 0.25) is 0 Å². The molecule has 0 atom stereocenters. The van der Waals surface area contributed by atoms with E-state index in [2.05, 4.69) is 31.2 Å². The van der Waals surface area contributed by atoms with Crippen molar-refractivity contribution in [1.82, 2.24) is 9.97 Å². The standard InChI is InChI=1S/C12H9BrN4/c1-8-6-9(13)2-3-10(8)17-12-11(7-14)15-4-5-16-12/h2-6H,1H3,(H,16,17). The Labute approximate surface area is 107 Å². The van der Waals surface area contributed by atoms with Gasteiger partial charge in [-0.2, -0.15) is 5.26 Å². The van der Waals surface area contributed by atoms with Gasteiger partial charge in [0.05, 0.1) is 0 Å². The van der Waals surface area contributed by atoms with Crippen molar-refractivity contribution < 1.29 is 0 Å². The summed E-state index contributed by atoms with van der Waals surface area (Å²) in [6.45, 7) is 1.98. The zero-order valence-corrected chi connectivity index (χ0v) is 10.7. The van der Waals surface area contributed by atoms with E-state index in [1.807, 2.05) is 31.2 Å². The van der Waals surface area contributed by atoms with Crippen molar-refractivity contribution in [2.24, 2.45) is 0 Å². The largest absolute Gasteiger partial charge is 0.338 e. The number of hydrogen-bond acceptors (Lipinski definition) is 4. The van der Waals surface area contributed by atoms with Gasteiger partial charge in [0.25, 0.3) is 0 Å². The molecule has 0 radical (unpaired) electrons. The van der Waals surface area contributed by atoms with E-state index in [9.17, 15) is 0 Å². The molecule has 1 aromatic heterocycles. The Bertz CT molecular complexity index is 589. The number of halogens is 1. The second-order valence-corrected chi connectivity index (χ2v) is 4.37. The van der Waals surface area contributed by atoms with Gasteiger partial charge >= 0.3 is 0 Å². The number of nitrogens with zero attached hydrogens (tertiary/aromatic N) is 3. The van der Waals surface area contributed by atoms with Crippen LogP contribution in [0.25, 0.3) is 0 Å². The fourth-order valence-electron chi connectivity index (χ4n) is 1.41. The zero-order chi connectivity index (χ0) is 12.3. The van der Waals surface area contributed by atoms with E-state index in [1.54, 1.807) is 6.20 Å². The molecule has 2 rings (SSSR count). The molecule has 4 nitrogen and oxygen atoms in total. The molecule has 0 aliphatic rings. The lowest BCUT2D eigenvalue weighted by Gasteiger charge is -2.09. The van der Waals surface area contributed by atoms with E-state index >= 15 is 0 Å². The third-order valence-corrected chi connectivity index (χ3v) is 2.74. The second-order valence-electron chi connectivity index (χ2n) is 3.45. The maximum Gasteiger partial charge on any atom is 0.183 e. The number of aromatic nitrogens is 2. The SMILES string of the molecule is Cc1cc(Br)ccc1Nc1nccnc1C#N. The van der Waals surface area contributed by atoms with E-state index in [1.165, 1.54) is 6.20 Å². The van der Waals surface area contributed by atoms with Crippen LogP contribution in [0.2, 0.25) is 0 Å². The first kappa shape index (κ1) is 11.6. The van der Waals surface area contributed by atoms with Gasteiger partial charge in [-0.25, -0.2) is 9.97 Å². The molecule has 0 spiro atoms. The Kier molecular flexibility index (Phi) is 3.35. The average Bonchev–Trinajstić information content (AvgIpc) is 2.33. The minimum Gasteiger partial charge on any atom is -0.338 e. The normalized spacial score (nSPS) is 9.71. The van der Waals surface area contributed by atoms with Crippen LogP contribution in [0.15, 0.2) is 35.1 Å². The van der Waals surface area contributed by atoms with Crippen LogP contribution in [-0.4, -0.2) is 9.97 Å². The van der Waals surface area contributed by atoms with Crippen molar-refractivity contribution >= 4 is 27.4 Å². The summed E-state index contributed by atoms with van der Waals surface area (Å²) in [5.41, 5.74) is 2.26. The Balaban J connectivity index is 2.35. The van der Waals surface area contributed by atoms with Crippen molar-refractivity contribution in [3.8, 4) is 6.07 Å². The van der Waals surface area contributed by atoms with Crippen molar-refractivity contribution in [2.75, 3.05) is 5.32 Å². The molecular formula is C12H9BrN4. The first-order chi connectivity index (χ1) is 8.20. The molecule has 0 aliphatic carbocycles. The summed E-state index contributed by atoms with van der Waals surface area (Å²) in [6, 6.07) is 7.85. The van der Waals surface area contributed by atoms with Crippen molar-refractivity contribution in [1.29, 1.82) is 5.26 Å². The number of hydrogen-bond donors (Lipinski definition) is 1. The highest BCUT2D eigenvalue weighted by atomic mass is 79.9. The van der Waals surface area contributed by atoms with Crippen molar-refractivity contribution in [3.63, 3.8) is 0 Å². The maximum absolute atomic E-state index is 8.91. The van der Waals surface area contributed by atoms with Gasteiger partial charge in [-0.1, -0.05) is 15.9 Å². The highest BCUT2D eigenvalue weighted by Crippen LogP contribution is 2.23. The van der Waals surface area contributed by atoms with E-state index < -0.39 is 0 Å². The lowest BCUT2D eigenvalue weighted by atomic mass is 10.2. The molecule has 1 aromatic carbocycles. The minimum absolute atomic E-state index is 0.287. The number of nitriles is 1. The predicted octanol–water partition coefficient (Wildman–Crippen LogP) is 3.16. The second kappa shape index (κ2) is 4.93. The smallest absolute Gasteiger partial charge is 0.183 e. The third-order valence-electron chi connectivity index (χ3n) is 2.25. The van der Waals surface area contributed by atoms with Crippen LogP contribution in [0, 0.1) is 18.3 Å². The Hall–Kier alpha value is -1.93. The number of nitrogens with one attached hydrogen (secondary N) is 1. The number of rotatable bonds is 2. The zero-order valence-electron chi connectivity index (χ0n) is 9.11. The van der Waals surface area contributed by atoms with Crippen LogP contribution in [0.1, 0.15) is 11.3 Å². The number of aryl methyl sites for hydroxylation is 1. The van der Waals surface area contributed by atoms with Gasteiger partial charge in [0.1, 0.15) is 6.07 Å². The number of anilines is 2. The first-order valence-corrected chi connectivity index (χ1v) is 5.74. The van der Waals surface area contributed by atoms with Gasteiger partial charge in [-0.05, 0) is 30.7 Å². The molecule has 1 N–H and O–H groups in total. The molecule has 0 aliphatic heterocycles. The molecule has 0 unspecified atom stereocenters. The Morgan fingerprint density at radius 1 is 1.29 bits per heavy atom. The topological polar surface area (TPSA) is 61.6 Å². The molecular weight excluding hydrogens is 280 g/mol. The highest BCUT2D eigenvalue weighted by molar-refractivity contribution is 9.10.